The summed E-state index contributed by atoms with van der Waals surface area (Å²) < 4.78 is 34.5. The average Bonchev–Trinajstić information content (AvgIpc) is 2.97. The summed E-state index contributed by atoms with van der Waals surface area (Å²) in [6.07, 6.45) is 2.07. The number of benzene rings is 3. The van der Waals surface area contributed by atoms with E-state index in [0.717, 1.165) is 28.3 Å². The van der Waals surface area contributed by atoms with Gasteiger partial charge in [-0.3, -0.25) is 13.9 Å². The molecule has 3 rings (SSSR count). The Kier molecular flexibility index (Phi) is 11.6. The van der Waals surface area contributed by atoms with Crippen molar-refractivity contribution in [2.45, 2.75) is 57.5 Å². The summed E-state index contributed by atoms with van der Waals surface area (Å²) in [5.74, 6) is -0.579. The van der Waals surface area contributed by atoms with Gasteiger partial charge in [-0.15, -0.1) is 0 Å². The molecule has 0 aromatic heterocycles. The molecule has 2 amide bonds. The van der Waals surface area contributed by atoms with Gasteiger partial charge in [0.05, 0.1) is 17.7 Å². The normalized spacial score (nSPS) is 11.9. The summed E-state index contributed by atoms with van der Waals surface area (Å²) in [5, 5.41) is 3.21. The number of nitrogens with zero attached hydrogens (tertiary/aromatic N) is 2. The van der Waals surface area contributed by atoms with Crippen LogP contribution in [0, 0.1) is 6.92 Å². The number of methoxy groups -OCH3 is 1. The molecule has 3 aromatic rings. The van der Waals surface area contributed by atoms with Crippen LogP contribution < -0.4 is 14.4 Å². The Morgan fingerprint density at radius 2 is 1.68 bits per heavy atom. The maximum Gasteiger partial charge on any atom is 0.264 e. The predicted octanol–water partition coefficient (Wildman–Crippen LogP) is 5.58. The number of amides is 2. The molecular formula is C31H38ClN3O5S. The van der Waals surface area contributed by atoms with Crippen molar-refractivity contribution in [3.8, 4) is 5.75 Å². The molecule has 8 nitrogen and oxygen atoms in total. The van der Waals surface area contributed by atoms with Gasteiger partial charge < -0.3 is 15.0 Å². The summed E-state index contributed by atoms with van der Waals surface area (Å²) in [7, 11) is -2.82. The molecule has 0 aliphatic rings. The Balaban J connectivity index is 2.10. The van der Waals surface area contributed by atoms with Crippen molar-refractivity contribution >= 4 is 39.1 Å². The van der Waals surface area contributed by atoms with E-state index in [2.05, 4.69) is 5.32 Å². The molecule has 0 unspecified atom stereocenters. The number of halogens is 1. The first-order valence-corrected chi connectivity index (χ1v) is 15.5. The first-order valence-electron chi connectivity index (χ1n) is 13.7. The number of hydrogen-bond donors (Lipinski definition) is 1. The van der Waals surface area contributed by atoms with Crippen LogP contribution in [0.4, 0.5) is 5.69 Å². The van der Waals surface area contributed by atoms with Crippen molar-refractivity contribution in [1.29, 1.82) is 0 Å². The molecule has 41 heavy (non-hydrogen) atoms. The van der Waals surface area contributed by atoms with Crippen molar-refractivity contribution in [3.63, 3.8) is 0 Å². The van der Waals surface area contributed by atoms with Gasteiger partial charge in [0, 0.05) is 18.1 Å². The molecule has 0 heterocycles. The third kappa shape index (κ3) is 8.01. The highest BCUT2D eigenvalue weighted by atomic mass is 35.5. The lowest BCUT2D eigenvalue weighted by molar-refractivity contribution is -0.140. The number of nitrogens with one attached hydrogen (secondary N) is 1. The fourth-order valence-corrected chi connectivity index (χ4v) is 6.09. The zero-order chi connectivity index (χ0) is 30.0. The van der Waals surface area contributed by atoms with E-state index in [1.165, 1.54) is 30.2 Å². The molecule has 0 aliphatic carbocycles. The number of hydrogen-bond acceptors (Lipinski definition) is 5. The summed E-state index contributed by atoms with van der Waals surface area (Å²) in [6.45, 7) is 5.86. The Morgan fingerprint density at radius 3 is 2.32 bits per heavy atom. The van der Waals surface area contributed by atoms with Crippen LogP contribution in [0.5, 0.6) is 5.75 Å². The van der Waals surface area contributed by atoms with Crippen LogP contribution in [0.25, 0.3) is 0 Å². The van der Waals surface area contributed by atoms with Gasteiger partial charge in [-0.05, 0) is 61.2 Å². The Morgan fingerprint density at radius 1 is 1.00 bits per heavy atom. The molecule has 10 heteroatoms. The second-order valence-corrected chi connectivity index (χ2v) is 12.0. The van der Waals surface area contributed by atoms with Crippen molar-refractivity contribution in [1.82, 2.24) is 10.2 Å². The summed E-state index contributed by atoms with van der Waals surface area (Å²) in [4.78, 5) is 29.0. The van der Waals surface area contributed by atoms with Gasteiger partial charge in [-0.25, -0.2) is 8.42 Å². The van der Waals surface area contributed by atoms with Crippen molar-refractivity contribution in [3.05, 3.63) is 88.9 Å². The third-order valence-electron chi connectivity index (χ3n) is 6.84. The first-order chi connectivity index (χ1) is 19.6. The molecular weight excluding hydrogens is 562 g/mol. The van der Waals surface area contributed by atoms with Gasteiger partial charge in [0.25, 0.3) is 10.0 Å². The first kappa shape index (κ1) is 32.0. The smallest absolute Gasteiger partial charge is 0.264 e. The minimum Gasteiger partial charge on any atom is -0.495 e. The number of unbranched alkanes of at least 4 members (excludes halogenated alkanes) is 1. The standard InChI is InChI=1S/C31H38ClN3O5S/c1-5-7-19-33-31(37)27(6-2)34(21-24-14-12-11-13-23(24)3)30(36)22-35(28-20-25(32)17-18-29(28)40-4)41(38,39)26-15-9-8-10-16-26/h8-18,20,27H,5-7,19,21-22H2,1-4H3,(H,33,37)/t27-/m0/s1. The van der Waals surface area contributed by atoms with Crippen LogP contribution in [-0.4, -0.2) is 51.4 Å². The van der Waals surface area contributed by atoms with Crippen molar-refractivity contribution < 1.29 is 22.7 Å². The van der Waals surface area contributed by atoms with Crippen molar-refractivity contribution in [2.24, 2.45) is 0 Å². The molecule has 0 spiro atoms. The number of aryl methyl sites for hydroxylation is 1. The van der Waals surface area contributed by atoms with Crippen LogP contribution in [-0.2, 0) is 26.2 Å². The summed E-state index contributed by atoms with van der Waals surface area (Å²) in [5.41, 5.74) is 1.93. The van der Waals surface area contributed by atoms with Gasteiger partial charge in [0.1, 0.15) is 18.3 Å². The minimum absolute atomic E-state index is 0.00429. The van der Waals surface area contributed by atoms with E-state index < -0.39 is 28.5 Å². The zero-order valence-corrected chi connectivity index (χ0v) is 25.5. The largest absolute Gasteiger partial charge is 0.495 e. The third-order valence-corrected chi connectivity index (χ3v) is 8.85. The average molecular weight is 600 g/mol. The summed E-state index contributed by atoms with van der Waals surface area (Å²) in [6, 6.07) is 19.2. The van der Waals surface area contributed by atoms with E-state index in [1.807, 2.05) is 45.0 Å². The molecule has 1 atom stereocenters. The van der Waals surface area contributed by atoms with Crippen LogP contribution in [0.3, 0.4) is 0 Å². The topological polar surface area (TPSA) is 96.0 Å². The van der Waals surface area contributed by atoms with E-state index >= 15 is 0 Å². The monoisotopic (exact) mass is 599 g/mol. The van der Waals surface area contributed by atoms with E-state index in [1.54, 1.807) is 30.3 Å². The lowest BCUT2D eigenvalue weighted by atomic mass is 10.1. The highest BCUT2D eigenvalue weighted by Gasteiger charge is 2.35. The number of carbonyl (C=O) groups is 2. The van der Waals surface area contributed by atoms with E-state index in [0.29, 0.717) is 13.0 Å². The quantitative estimate of drug-likeness (QED) is 0.244. The Bertz CT molecular complexity index is 1430. The highest BCUT2D eigenvalue weighted by molar-refractivity contribution is 7.92. The number of sulfonamides is 1. The number of anilines is 1. The zero-order valence-electron chi connectivity index (χ0n) is 24.0. The number of rotatable bonds is 14. The lowest BCUT2D eigenvalue weighted by Crippen LogP contribution is -2.52. The predicted molar refractivity (Wildman–Crippen MR) is 163 cm³/mol. The molecule has 0 bridgehead atoms. The highest BCUT2D eigenvalue weighted by Crippen LogP contribution is 2.35. The van der Waals surface area contributed by atoms with Gasteiger partial charge in [-0.1, -0.05) is 74.3 Å². The summed E-state index contributed by atoms with van der Waals surface area (Å²) >= 11 is 6.29. The number of carbonyl (C=O) groups excluding carboxylic acids is 2. The Hall–Kier alpha value is -3.56. The van der Waals surface area contributed by atoms with E-state index in [4.69, 9.17) is 16.3 Å². The maximum absolute atomic E-state index is 14.2. The van der Waals surface area contributed by atoms with Gasteiger partial charge >= 0.3 is 0 Å². The van der Waals surface area contributed by atoms with Crippen LogP contribution in [0.2, 0.25) is 5.02 Å². The molecule has 3 aromatic carbocycles. The SMILES string of the molecule is CCCCNC(=O)[C@H](CC)N(Cc1ccccc1C)C(=O)CN(c1cc(Cl)ccc1OC)S(=O)(=O)c1ccccc1. The minimum atomic E-state index is -4.24. The number of ether oxygens (including phenoxy) is 1. The molecule has 0 fully saturated rings. The maximum atomic E-state index is 14.2. The fraction of sp³-hybridized carbons (Fsp3) is 0.355. The van der Waals surface area contributed by atoms with Crippen molar-refractivity contribution in [2.75, 3.05) is 24.5 Å². The molecule has 220 valence electrons. The molecule has 0 saturated carbocycles. The van der Waals surface area contributed by atoms with Gasteiger partial charge in [0.15, 0.2) is 0 Å². The van der Waals surface area contributed by atoms with Crippen LogP contribution in [0.15, 0.2) is 77.7 Å². The fourth-order valence-electron chi connectivity index (χ4n) is 4.49. The van der Waals surface area contributed by atoms with Gasteiger partial charge in [0.2, 0.25) is 11.8 Å². The van der Waals surface area contributed by atoms with E-state index in [-0.39, 0.29) is 33.8 Å². The lowest BCUT2D eigenvalue weighted by Gasteiger charge is -2.33. The Labute approximate surface area is 248 Å². The second kappa shape index (κ2) is 14.9. The molecule has 0 saturated heterocycles. The van der Waals surface area contributed by atoms with Crippen LogP contribution >= 0.6 is 11.6 Å². The second-order valence-electron chi connectivity index (χ2n) is 9.66. The molecule has 0 aliphatic heterocycles. The van der Waals surface area contributed by atoms with Crippen LogP contribution in [0.1, 0.15) is 44.2 Å². The van der Waals surface area contributed by atoms with E-state index in [9.17, 15) is 18.0 Å². The molecule has 0 radical (unpaired) electrons. The molecule has 1 N–H and O–H groups in total. The van der Waals surface area contributed by atoms with Gasteiger partial charge in [-0.2, -0.15) is 0 Å².